The second-order valence-corrected chi connectivity index (χ2v) is 5.58. The topological polar surface area (TPSA) is 30.5 Å². The summed E-state index contributed by atoms with van der Waals surface area (Å²) < 4.78 is 11.7. The molecule has 112 valence electrons. The molecule has 0 saturated heterocycles. The summed E-state index contributed by atoms with van der Waals surface area (Å²) in [4.78, 5) is 0. The third kappa shape index (κ3) is 3.15. The zero-order valence-corrected chi connectivity index (χ0v) is 13.1. The van der Waals surface area contributed by atoms with Crippen molar-refractivity contribution < 1.29 is 9.47 Å². The Labute approximate surface area is 122 Å². The molecule has 1 N–H and O–H groups in total. The maximum atomic E-state index is 5.85. The second-order valence-electron chi connectivity index (χ2n) is 5.58. The van der Waals surface area contributed by atoms with Gasteiger partial charge in [-0.2, -0.15) is 0 Å². The average molecular weight is 277 g/mol. The molecule has 0 spiro atoms. The van der Waals surface area contributed by atoms with E-state index in [-0.39, 0.29) is 11.6 Å². The molecule has 0 aliphatic heterocycles. The van der Waals surface area contributed by atoms with Crippen LogP contribution in [0.15, 0.2) is 24.3 Å². The Kier molecular flexibility index (Phi) is 5.06. The number of nitrogens with one attached hydrogen (secondary N) is 1. The Hall–Kier alpha value is -1.06. The van der Waals surface area contributed by atoms with Crippen LogP contribution in [0.25, 0.3) is 0 Å². The van der Waals surface area contributed by atoms with Crippen molar-refractivity contribution in [1.29, 1.82) is 0 Å². The third-order valence-electron chi connectivity index (χ3n) is 4.46. The van der Waals surface area contributed by atoms with E-state index in [2.05, 4.69) is 43.4 Å². The highest BCUT2D eigenvalue weighted by Crippen LogP contribution is 2.35. The molecule has 0 bridgehead atoms. The molecule has 1 aromatic rings. The number of ether oxygens (including phenoxy) is 2. The number of hydrogen-bond acceptors (Lipinski definition) is 3. The Morgan fingerprint density at radius 1 is 1.20 bits per heavy atom. The minimum atomic E-state index is -0.159. The first-order valence-corrected chi connectivity index (χ1v) is 7.68. The van der Waals surface area contributed by atoms with E-state index in [0.29, 0.717) is 6.10 Å². The predicted octanol–water partition coefficient (Wildman–Crippen LogP) is 3.69. The van der Waals surface area contributed by atoms with Crippen molar-refractivity contribution in [1.82, 2.24) is 5.32 Å². The lowest BCUT2D eigenvalue weighted by atomic mass is 9.84. The van der Waals surface area contributed by atoms with E-state index in [1.807, 2.05) is 14.2 Å². The summed E-state index contributed by atoms with van der Waals surface area (Å²) in [5.74, 6) is 0.974. The van der Waals surface area contributed by atoms with Gasteiger partial charge in [0.2, 0.25) is 0 Å². The molecule has 1 unspecified atom stereocenters. The molecule has 0 amide bonds. The first-order valence-electron chi connectivity index (χ1n) is 7.68. The minimum Gasteiger partial charge on any atom is -0.490 e. The van der Waals surface area contributed by atoms with Crippen molar-refractivity contribution in [3.05, 3.63) is 29.8 Å². The first kappa shape index (κ1) is 15.3. The summed E-state index contributed by atoms with van der Waals surface area (Å²) in [5.41, 5.74) is 1.09. The second kappa shape index (κ2) is 6.59. The van der Waals surface area contributed by atoms with Crippen LogP contribution in [0.1, 0.15) is 51.1 Å². The molecule has 1 atom stereocenters. The van der Waals surface area contributed by atoms with Crippen LogP contribution in [0.3, 0.4) is 0 Å². The fraction of sp³-hybridized carbons (Fsp3) is 0.647. The van der Waals surface area contributed by atoms with Crippen LogP contribution < -0.4 is 10.1 Å². The van der Waals surface area contributed by atoms with Gasteiger partial charge in [0.25, 0.3) is 0 Å². The van der Waals surface area contributed by atoms with Crippen molar-refractivity contribution in [3.63, 3.8) is 0 Å². The maximum Gasteiger partial charge on any atom is 0.119 e. The minimum absolute atomic E-state index is 0.159. The highest BCUT2D eigenvalue weighted by molar-refractivity contribution is 5.31. The van der Waals surface area contributed by atoms with Crippen LogP contribution in [0.2, 0.25) is 0 Å². The first-order chi connectivity index (χ1) is 9.69. The fourth-order valence-corrected chi connectivity index (χ4v) is 2.92. The van der Waals surface area contributed by atoms with Crippen LogP contribution in [0, 0.1) is 0 Å². The van der Waals surface area contributed by atoms with E-state index < -0.39 is 0 Å². The Morgan fingerprint density at radius 3 is 2.20 bits per heavy atom. The highest BCUT2D eigenvalue weighted by atomic mass is 16.5. The standard InChI is InChI=1S/C17H27NO2/c1-5-17(6-2,19-4)16(18-3)13-7-9-14(10-8-13)20-15-11-12-15/h7-10,15-16,18H,5-6,11-12H2,1-4H3. The van der Waals surface area contributed by atoms with Gasteiger partial charge in [-0.15, -0.1) is 0 Å². The molecule has 0 aromatic heterocycles. The van der Waals surface area contributed by atoms with Crippen LogP contribution in [0.4, 0.5) is 0 Å². The molecule has 3 heteroatoms. The van der Waals surface area contributed by atoms with E-state index in [9.17, 15) is 0 Å². The molecule has 1 aliphatic carbocycles. The molecule has 0 heterocycles. The smallest absolute Gasteiger partial charge is 0.119 e. The zero-order valence-electron chi connectivity index (χ0n) is 13.1. The summed E-state index contributed by atoms with van der Waals surface area (Å²) in [7, 11) is 3.81. The summed E-state index contributed by atoms with van der Waals surface area (Å²) >= 11 is 0. The van der Waals surface area contributed by atoms with Gasteiger partial charge >= 0.3 is 0 Å². The fourth-order valence-electron chi connectivity index (χ4n) is 2.92. The number of benzene rings is 1. The number of methoxy groups -OCH3 is 1. The molecular formula is C17H27NO2. The van der Waals surface area contributed by atoms with Crippen molar-refractivity contribution in [2.45, 2.75) is 57.3 Å². The van der Waals surface area contributed by atoms with Gasteiger partial charge < -0.3 is 14.8 Å². The van der Waals surface area contributed by atoms with E-state index in [0.717, 1.165) is 18.6 Å². The average Bonchev–Trinajstić information content (AvgIpc) is 3.30. The molecule has 1 saturated carbocycles. The van der Waals surface area contributed by atoms with Gasteiger partial charge in [-0.3, -0.25) is 0 Å². The SMILES string of the molecule is CCC(CC)(OC)C(NC)c1ccc(OC2CC2)cc1. The van der Waals surface area contributed by atoms with E-state index in [1.165, 1.54) is 18.4 Å². The van der Waals surface area contributed by atoms with Crippen LogP contribution in [-0.4, -0.2) is 25.9 Å². The number of likely N-dealkylation sites (N-methyl/N-ethyl adjacent to an activating group) is 1. The molecule has 1 fully saturated rings. The van der Waals surface area contributed by atoms with E-state index in [4.69, 9.17) is 9.47 Å². The van der Waals surface area contributed by atoms with Crippen molar-refractivity contribution >= 4 is 0 Å². The van der Waals surface area contributed by atoms with Gasteiger partial charge in [0, 0.05) is 7.11 Å². The van der Waals surface area contributed by atoms with Gasteiger partial charge in [-0.05, 0) is 50.4 Å². The van der Waals surface area contributed by atoms with Crippen LogP contribution >= 0.6 is 0 Å². The third-order valence-corrected chi connectivity index (χ3v) is 4.46. The zero-order chi connectivity index (χ0) is 14.6. The quantitative estimate of drug-likeness (QED) is 0.786. The summed E-state index contributed by atoms with van der Waals surface area (Å²) in [6, 6.07) is 8.64. The summed E-state index contributed by atoms with van der Waals surface area (Å²) in [6.07, 6.45) is 4.79. The molecule has 0 radical (unpaired) electrons. The molecule has 2 rings (SSSR count). The van der Waals surface area contributed by atoms with E-state index >= 15 is 0 Å². The van der Waals surface area contributed by atoms with Gasteiger partial charge in [0.15, 0.2) is 0 Å². The largest absolute Gasteiger partial charge is 0.490 e. The summed E-state index contributed by atoms with van der Waals surface area (Å²) in [5, 5.41) is 3.42. The maximum absolute atomic E-state index is 5.85. The molecular weight excluding hydrogens is 250 g/mol. The van der Waals surface area contributed by atoms with Crippen LogP contribution in [-0.2, 0) is 4.74 Å². The Morgan fingerprint density at radius 2 is 1.80 bits per heavy atom. The molecule has 3 nitrogen and oxygen atoms in total. The van der Waals surface area contributed by atoms with Gasteiger partial charge in [-0.1, -0.05) is 26.0 Å². The van der Waals surface area contributed by atoms with E-state index in [1.54, 1.807) is 0 Å². The molecule has 20 heavy (non-hydrogen) atoms. The van der Waals surface area contributed by atoms with Crippen molar-refractivity contribution in [2.75, 3.05) is 14.2 Å². The predicted molar refractivity (Wildman–Crippen MR) is 82.2 cm³/mol. The van der Waals surface area contributed by atoms with Crippen molar-refractivity contribution in [3.8, 4) is 5.75 Å². The lowest BCUT2D eigenvalue weighted by Gasteiger charge is -2.38. The molecule has 1 aromatic carbocycles. The van der Waals surface area contributed by atoms with Gasteiger partial charge in [0.05, 0.1) is 17.7 Å². The number of rotatable bonds is 8. The number of hydrogen-bond donors (Lipinski definition) is 1. The van der Waals surface area contributed by atoms with Gasteiger partial charge in [-0.25, -0.2) is 0 Å². The van der Waals surface area contributed by atoms with Crippen LogP contribution in [0.5, 0.6) is 5.75 Å². The highest BCUT2D eigenvalue weighted by Gasteiger charge is 2.36. The lowest BCUT2D eigenvalue weighted by molar-refractivity contribution is -0.0468. The van der Waals surface area contributed by atoms with Gasteiger partial charge in [0.1, 0.15) is 5.75 Å². The molecule has 1 aliphatic rings. The summed E-state index contributed by atoms with van der Waals surface area (Å²) in [6.45, 7) is 4.36. The Bertz CT molecular complexity index is 399. The van der Waals surface area contributed by atoms with Crippen molar-refractivity contribution in [2.24, 2.45) is 0 Å². The normalized spacial score (nSPS) is 17.0. The lowest BCUT2D eigenvalue weighted by Crippen LogP contribution is -2.43. The Balaban J connectivity index is 2.17. The monoisotopic (exact) mass is 277 g/mol.